The Morgan fingerprint density at radius 1 is 1.60 bits per heavy atom. The van der Waals surface area contributed by atoms with Crippen molar-refractivity contribution in [3.05, 3.63) is 0 Å². The Hall–Kier alpha value is -0.840. The van der Waals surface area contributed by atoms with Crippen molar-refractivity contribution in [2.24, 2.45) is 11.8 Å². The highest BCUT2D eigenvalue weighted by atomic mass is 16.1. The van der Waals surface area contributed by atoms with E-state index in [4.69, 9.17) is 5.26 Å². The number of Topliss-reactive ketones (excluding diaryl/α,β-unsaturated/α-hetero) is 1. The molecule has 1 saturated carbocycles. The summed E-state index contributed by atoms with van der Waals surface area (Å²) in [6, 6.07) is 2.20. The number of nitriles is 1. The maximum Gasteiger partial charge on any atom is 0.132 e. The molecule has 54 valence electrons. The minimum absolute atomic E-state index is 0.147. The summed E-state index contributed by atoms with van der Waals surface area (Å²) >= 11 is 0. The molecule has 0 unspecified atom stereocenters. The van der Waals surface area contributed by atoms with Crippen LogP contribution in [-0.4, -0.2) is 5.78 Å². The standard InChI is InChI=1S/C8H11NO/c1-6(10)8-3-2-7(4-8)5-9/h7-8H,2-4H2,1H3/t7-,8-/m0/s1. The van der Waals surface area contributed by atoms with E-state index in [0.717, 1.165) is 19.3 Å². The van der Waals surface area contributed by atoms with Crippen molar-refractivity contribution in [1.82, 2.24) is 0 Å². The zero-order valence-electron chi connectivity index (χ0n) is 6.13. The summed E-state index contributed by atoms with van der Waals surface area (Å²) in [5.41, 5.74) is 0. The van der Waals surface area contributed by atoms with Crippen molar-refractivity contribution in [3.8, 4) is 6.07 Å². The minimum Gasteiger partial charge on any atom is -0.300 e. The van der Waals surface area contributed by atoms with Gasteiger partial charge in [0.25, 0.3) is 0 Å². The lowest BCUT2D eigenvalue weighted by molar-refractivity contribution is -0.120. The van der Waals surface area contributed by atoms with Gasteiger partial charge < -0.3 is 0 Å². The molecule has 2 heteroatoms. The van der Waals surface area contributed by atoms with E-state index in [9.17, 15) is 4.79 Å². The van der Waals surface area contributed by atoms with Crippen LogP contribution in [-0.2, 0) is 4.79 Å². The second-order valence-corrected chi connectivity index (χ2v) is 2.95. The summed E-state index contributed by atoms with van der Waals surface area (Å²) < 4.78 is 0. The van der Waals surface area contributed by atoms with Gasteiger partial charge in [-0.25, -0.2) is 0 Å². The molecule has 0 amide bonds. The minimum atomic E-state index is 0.147. The van der Waals surface area contributed by atoms with E-state index >= 15 is 0 Å². The molecule has 0 saturated heterocycles. The summed E-state index contributed by atoms with van der Waals surface area (Å²) in [4.78, 5) is 10.8. The monoisotopic (exact) mass is 137 g/mol. The third kappa shape index (κ3) is 1.36. The molecule has 0 spiro atoms. The van der Waals surface area contributed by atoms with E-state index < -0.39 is 0 Å². The summed E-state index contributed by atoms with van der Waals surface area (Å²) in [7, 11) is 0. The van der Waals surface area contributed by atoms with E-state index in [2.05, 4.69) is 6.07 Å². The molecule has 0 aliphatic heterocycles. The van der Waals surface area contributed by atoms with Crippen LogP contribution in [0.15, 0.2) is 0 Å². The van der Waals surface area contributed by atoms with Gasteiger partial charge in [0.15, 0.2) is 0 Å². The SMILES string of the molecule is CC(=O)[C@H]1CC[C@H](C#N)C1. The van der Waals surface area contributed by atoms with E-state index in [1.807, 2.05) is 0 Å². The van der Waals surface area contributed by atoms with E-state index in [-0.39, 0.29) is 17.6 Å². The van der Waals surface area contributed by atoms with Gasteiger partial charge in [0, 0.05) is 11.8 Å². The summed E-state index contributed by atoms with van der Waals surface area (Å²) in [6.07, 6.45) is 2.64. The van der Waals surface area contributed by atoms with Crippen molar-refractivity contribution in [2.45, 2.75) is 26.2 Å². The number of rotatable bonds is 1. The normalized spacial score (nSPS) is 31.6. The van der Waals surface area contributed by atoms with Crippen molar-refractivity contribution >= 4 is 5.78 Å². The predicted molar refractivity (Wildman–Crippen MR) is 37.1 cm³/mol. The van der Waals surface area contributed by atoms with Crippen LogP contribution < -0.4 is 0 Å². The number of nitrogens with zero attached hydrogens (tertiary/aromatic N) is 1. The third-order valence-corrected chi connectivity index (χ3v) is 2.19. The highest BCUT2D eigenvalue weighted by Gasteiger charge is 2.26. The molecule has 0 aromatic rings. The lowest BCUT2D eigenvalue weighted by atomic mass is 10.0. The van der Waals surface area contributed by atoms with Crippen LogP contribution in [0, 0.1) is 23.2 Å². The average molecular weight is 137 g/mol. The van der Waals surface area contributed by atoms with Gasteiger partial charge in [0.05, 0.1) is 6.07 Å². The Labute approximate surface area is 60.8 Å². The first-order valence-corrected chi connectivity index (χ1v) is 3.64. The Bertz CT molecular complexity index is 180. The van der Waals surface area contributed by atoms with Gasteiger partial charge in [-0.3, -0.25) is 4.79 Å². The quantitative estimate of drug-likeness (QED) is 0.549. The maximum atomic E-state index is 10.8. The second-order valence-electron chi connectivity index (χ2n) is 2.95. The first-order chi connectivity index (χ1) is 4.74. The first-order valence-electron chi connectivity index (χ1n) is 3.64. The van der Waals surface area contributed by atoms with Gasteiger partial charge in [0.1, 0.15) is 5.78 Å². The van der Waals surface area contributed by atoms with Crippen molar-refractivity contribution in [1.29, 1.82) is 5.26 Å². The molecule has 0 bridgehead atoms. The van der Waals surface area contributed by atoms with Gasteiger partial charge >= 0.3 is 0 Å². The van der Waals surface area contributed by atoms with Gasteiger partial charge in [-0.05, 0) is 26.2 Å². The molecule has 1 rings (SSSR count). The fraction of sp³-hybridized carbons (Fsp3) is 0.750. The molecule has 1 fully saturated rings. The predicted octanol–water partition coefficient (Wildman–Crippen LogP) is 1.52. The lowest BCUT2D eigenvalue weighted by Gasteiger charge is -2.00. The summed E-state index contributed by atoms with van der Waals surface area (Å²) in [5, 5.41) is 8.50. The molecule has 0 heterocycles. The highest BCUT2D eigenvalue weighted by molar-refractivity contribution is 5.78. The Balaban J connectivity index is 2.45. The van der Waals surface area contributed by atoms with Gasteiger partial charge in [-0.2, -0.15) is 5.26 Å². The number of hydrogen-bond donors (Lipinski definition) is 0. The van der Waals surface area contributed by atoms with E-state index in [1.165, 1.54) is 0 Å². The number of carbonyl (C=O) groups excluding carboxylic acids is 1. The van der Waals surface area contributed by atoms with Crippen LogP contribution in [0.2, 0.25) is 0 Å². The Morgan fingerprint density at radius 2 is 2.30 bits per heavy atom. The molecule has 2 atom stereocenters. The molecule has 0 aromatic carbocycles. The van der Waals surface area contributed by atoms with Crippen LogP contribution in [0.3, 0.4) is 0 Å². The molecular formula is C8H11NO. The molecule has 0 radical (unpaired) electrons. The van der Waals surface area contributed by atoms with Gasteiger partial charge in [0.2, 0.25) is 0 Å². The van der Waals surface area contributed by atoms with Crippen LogP contribution in [0.1, 0.15) is 26.2 Å². The lowest BCUT2D eigenvalue weighted by Crippen LogP contribution is -2.05. The topological polar surface area (TPSA) is 40.9 Å². The van der Waals surface area contributed by atoms with Crippen LogP contribution >= 0.6 is 0 Å². The molecule has 2 nitrogen and oxygen atoms in total. The molecule has 1 aliphatic carbocycles. The fourth-order valence-corrected chi connectivity index (χ4v) is 1.47. The van der Waals surface area contributed by atoms with Crippen LogP contribution in [0.4, 0.5) is 0 Å². The highest BCUT2D eigenvalue weighted by Crippen LogP contribution is 2.30. The smallest absolute Gasteiger partial charge is 0.132 e. The maximum absolute atomic E-state index is 10.8. The summed E-state index contributed by atoms with van der Waals surface area (Å²) in [5.74, 6) is 0.580. The largest absolute Gasteiger partial charge is 0.300 e. The molecule has 10 heavy (non-hydrogen) atoms. The number of ketones is 1. The molecule has 0 aromatic heterocycles. The van der Waals surface area contributed by atoms with Crippen molar-refractivity contribution < 1.29 is 4.79 Å². The average Bonchev–Trinajstić information content (AvgIpc) is 2.34. The molecular weight excluding hydrogens is 126 g/mol. The Kier molecular flexibility index (Phi) is 2.06. The number of carbonyl (C=O) groups is 1. The van der Waals surface area contributed by atoms with Gasteiger partial charge in [-0.15, -0.1) is 0 Å². The first kappa shape index (κ1) is 7.27. The molecule has 1 aliphatic rings. The van der Waals surface area contributed by atoms with Crippen molar-refractivity contribution in [3.63, 3.8) is 0 Å². The fourth-order valence-electron chi connectivity index (χ4n) is 1.47. The Morgan fingerprint density at radius 3 is 2.60 bits per heavy atom. The van der Waals surface area contributed by atoms with Crippen LogP contribution in [0.25, 0.3) is 0 Å². The second kappa shape index (κ2) is 2.83. The zero-order chi connectivity index (χ0) is 7.56. The van der Waals surface area contributed by atoms with E-state index in [0.29, 0.717) is 0 Å². The van der Waals surface area contributed by atoms with Gasteiger partial charge in [-0.1, -0.05) is 0 Å². The number of hydrogen-bond acceptors (Lipinski definition) is 2. The van der Waals surface area contributed by atoms with E-state index in [1.54, 1.807) is 6.92 Å². The van der Waals surface area contributed by atoms with Crippen LogP contribution in [0.5, 0.6) is 0 Å². The zero-order valence-corrected chi connectivity index (χ0v) is 6.13. The summed E-state index contributed by atoms with van der Waals surface area (Å²) in [6.45, 7) is 1.62. The molecule has 0 N–H and O–H groups in total. The third-order valence-electron chi connectivity index (χ3n) is 2.19. The van der Waals surface area contributed by atoms with Crippen molar-refractivity contribution in [2.75, 3.05) is 0 Å².